The average molecular weight is 344 g/mol. The monoisotopic (exact) mass is 344 g/mol. The molecule has 0 radical (unpaired) electrons. The number of aryl methyl sites for hydroxylation is 2. The van der Waals surface area contributed by atoms with E-state index in [0.717, 1.165) is 39.0 Å². The van der Waals surface area contributed by atoms with Gasteiger partial charge >= 0.3 is 0 Å². The number of nitrogens with one attached hydrogen (secondary N) is 1. The van der Waals surface area contributed by atoms with E-state index in [1.54, 1.807) is 0 Å². The van der Waals surface area contributed by atoms with E-state index in [1.807, 2.05) is 0 Å². The summed E-state index contributed by atoms with van der Waals surface area (Å²) in [5.41, 5.74) is 2.61. The van der Waals surface area contributed by atoms with Gasteiger partial charge in [-0.05, 0) is 57.7 Å². The van der Waals surface area contributed by atoms with Gasteiger partial charge in [0, 0.05) is 31.7 Å². The molecule has 2 aliphatic rings. The molecule has 0 aromatic heterocycles. The van der Waals surface area contributed by atoms with Crippen LogP contribution in [0, 0.1) is 6.92 Å². The number of hydrogen-bond acceptors (Lipinski definition) is 3. The molecule has 0 bridgehead atoms. The number of piperidine rings is 1. The molecule has 2 aliphatic heterocycles. The van der Waals surface area contributed by atoms with Crippen molar-refractivity contribution in [2.24, 2.45) is 0 Å². The van der Waals surface area contributed by atoms with Crippen LogP contribution in [0.1, 0.15) is 49.7 Å². The number of carbonyl (C=O) groups excluding carboxylic acids is 1. The van der Waals surface area contributed by atoms with Crippen LogP contribution in [0.2, 0.25) is 0 Å². The molecule has 0 saturated carbocycles. The summed E-state index contributed by atoms with van der Waals surface area (Å²) >= 11 is 0. The summed E-state index contributed by atoms with van der Waals surface area (Å²) in [5.74, 6) is 0.171. The highest BCUT2D eigenvalue weighted by molar-refractivity contribution is 5.76. The van der Waals surface area contributed by atoms with Crippen molar-refractivity contribution < 1.29 is 9.53 Å². The molecule has 0 aliphatic carbocycles. The number of carbonyl (C=O) groups is 1. The maximum absolute atomic E-state index is 12.4. The summed E-state index contributed by atoms with van der Waals surface area (Å²) in [6.45, 7) is 6.82. The fraction of sp³-hybridized carbons (Fsp3) is 0.667. The minimum atomic E-state index is 0.109. The van der Waals surface area contributed by atoms with Crippen molar-refractivity contribution in [2.45, 2.75) is 57.4 Å². The van der Waals surface area contributed by atoms with Crippen LogP contribution in [0.4, 0.5) is 0 Å². The van der Waals surface area contributed by atoms with Gasteiger partial charge in [0.2, 0.25) is 5.91 Å². The molecule has 0 unspecified atom stereocenters. The smallest absolute Gasteiger partial charge is 0.220 e. The van der Waals surface area contributed by atoms with Crippen molar-refractivity contribution in [3.8, 4) is 0 Å². The Hall–Kier alpha value is -1.39. The molecule has 25 heavy (non-hydrogen) atoms. The SMILES string of the molecule is Cc1cccc(CCC(=O)NCC2(N3CCCCC3)CCOCC2)c1. The lowest BCUT2D eigenvalue weighted by molar-refractivity contribution is -0.122. The maximum Gasteiger partial charge on any atom is 0.220 e. The summed E-state index contributed by atoms with van der Waals surface area (Å²) in [7, 11) is 0. The van der Waals surface area contributed by atoms with E-state index in [4.69, 9.17) is 4.74 Å². The average Bonchev–Trinajstić information content (AvgIpc) is 2.66. The van der Waals surface area contributed by atoms with E-state index in [9.17, 15) is 4.79 Å². The van der Waals surface area contributed by atoms with E-state index in [2.05, 4.69) is 41.4 Å². The summed E-state index contributed by atoms with van der Waals surface area (Å²) in [6, 6.07) is 8.43. The van der Waals surface area contributed by atoms with Crippen molar-refractivity contribution in [1.29, 1.82) is 0 Å². The zero-order valence-corrected chi connectivity index (χ0v) is 15.6. The summed E-state index contributed by atoms with van der Waals surface area (Å²) in [5, 5.41) is 3.24. The van der Waals surface area contributed by atoms with Gasteiger partial charge in [-0.2, -0.15) is 0 Å². The largest absolute Gasteiger partial charge is 0.381 e. The first-order valence-corrected chi connectivity index (χ1v) is 9.83. The van der Waals surface area contributed by atoms with Crippen LogP contribution in [0.15, 0.2) is 24.3 Å². The molecular formula is C21H32N2O2. The quantitative estimate of drug-likeness (QED) is 0.862. The Morgan fingerprint density at radius 2 is 1.96 bits per heavy atom. The van der Waals surface area contributed by atoms with Gasteiger partial charge in [0.25, 0.3) is 0 Å². The molecule has 1 aromatic carbocycles. The van der Waals surface area contributed by atoms with Gasteiger partial charge in [0.1, 0.15) is 0 Å². The Bertz CT molecular complexity index is 561. The van der Waals surface area contributed by atoms with Gasteiger partial charge < -0.3 is 10.1 Å². The van der Waals surface area contributed by atoms with Gasteiger partial charge in [-0.1, -0.05) is 36.2 Å². The Labute approximate surface area is 151 Å². The number of ether oxygens (including phenoxy) is 1. The van der Waals surface area contributed by atoms with Crippen LogP contribution in [0.3, 0.4) is 0 Å². The molecule has 2 fully saturated rings. The number of amides is 1. The molecule has 3 rings (SSSR count). The van der Waals surface area contributed by atoms with Crippen molar-refractivity contribution in [3.63, 3.8) is 0 Å². The van der Waals surface area contributed by atoms with E-state index < -0.39 is 0 Å². The maximum atomic E-state index is 12.4. The molecule has 2 saturated heterocycles. The number of benzene rings is 1. The fourth-order valence-electron chi connectivity index (χ4n) is 4.20. The summed E-state index contributed by atoms with van der Waals surface area (Å²) in [4.78, 5) is 15.0. The first-order valence-electron chi connectivity index (χ1n) is 9.83. The highest BCUT2D eigenvalue weighted by Gasteiger charge is 2.39. The normalized spacial score (nSPS) is 21.0. The molecule has 0 spiro atoms. The third kappa shape index (κ3) is 5.05. The molecule has 4 heteroatoms. The molecule has 1 N–H and O–H groups in total. The lowest BCUT2D eigenvalue weighted by Gasteiger charge is -2.48. The zero-order chi connectivity index (χ0) is 17.5. The number of hydrogen-bond donors (Lipinski definition) is 1. The van der Waals surface area contributed by atoms with E-state index >= 15 is 0 Å². The van der Waals surface area contributed by atoms with Crippen molar-refractivity contribution >= 4 is 5.91 Å². The first kappa shape index (κ1) is 18.4. The van der Waals surface area contributed by atoms with Gasteiger partial charge in [-0.15, -0.1) is 0 Å². The fourth-order valence-corrected chi connectivity index (χ4v) is 4.20. The molecule has 4 nitrogen and oxygen atoms in total. The second-order valence-electron chi connectivity index (χ2n) is 7.65. The molecule has 138 valence electrons. The highest BCUT2D eigenvalue weighted by Crippen LogP contribution is 2.30. The first-order chi connectivity index (χ1) is 12.2. The number of nitrogens with zero attached hydrogens (tertiary/aromatic N) is 1. The zero-order valence-electron chi connectivity index (χ0n) is 15.6. The van der Waals surface area contributed by atoms with Gasteiger partial charge in [-0.3, -0.25) is 9.69 Å². The van der Waals surface area contributed by atoms with Crippen LogP contribution >= 0.6 is 0 Å². The summed E-state index contributed by atoms with van der Waals surface area (Å²) in [6.07, 6.45) is 7.35. The third-order valence-electron chi connectivity index (χ3n) is 5.79. The molecule has 1 aromatic rings. The van der Waals surface area contributed by atoms with Crippen LogP contribution in [0.5, 0.6) is 0 Å². The standard InChI is InChI=1S/C21H32N2O2/c1-18-6-5-7-19(16-18)8-9-20(24)22-17-21(10-14-25-15-11-21)23-12-3-2-4-13-23/h5-7,16H,2-4,8-15,17H2,1H3,(H,22,24). The van der Waals surface area contributed by atoms with Crippen molar-refractivity contribution in [1.82, 2.24) is 10.2 Å². The van der Waals surface area contributed by atoms with Crippen LogP contribution in [-0.2, 0) is 16.0 Å². The van der Waals surface area contributed by atoms with Gasteiger partial charge in [0.05, 0.1) is 0 Å². The molecule has 1 amide bonds. The molecule has 2 heterocycles. The number of likely N-dealkylation sites (tertiary alicyclic amines) is 1. The molecular weight excluding hydrogens is 312 g/mol. The van der Waals surface area contributed by atoms with E-state index in [1.165, 1.54) is 43.5 Å². The second kappa shape index (κ2) is 8.81. The van der Waals surface area contributed by atoms with Crippen LogP contribution in [0.25, 0.3) is 0 Å². The summed E-state index contributed by atoms with van der Waals surface area (Å²) < 4.78 is 5.60. The predicted octanol–water partition coefficient (Wildman–Crippen LogP) is 3.08. The third-order valence-corrected chi connectivity index (χ3v) is 5.79. The Kier molecular flexibility index (Phi) is 6.49. The van der Waals surface area contributed by atoms with Gasteiger partial charge in [-0.25, -0.2) is 0 Å². The highest BCUT2D eigenvalue weighted by atomic mass is 16.5. The number of rotatable bonds is 6. The van der Waals surface area contributed by atoms with E-state index in [-0.39, 0.29) is 11.4 Å². The lowest BCUT2D eigenvalue weighted by Crippen LogP contribution is -2.59. The predicted molar refractivity (Wildman–Crippen MR) is 101 cm³/mol. The van der Waals surface area contributed by atoms with Gasteiger partial charge in [0.15, 0.2) is 0 Å². The van der Waals surface area contributed by atoms with Crippen LogP contribution in [-0.4, -0.2) is 49.2 Å². The van der Waals surface area contributed by atoms with E-state index in [0.29, 0.717) is 6.42 Å². The topological polar surface area (TPSA) is 41.6 Å². The van der Waals surface area contributed by atoms with Crippen molar-refractivity contribution in [3.05, 3.63) is 35.4 Å². The Morgan fingerprint density at radius 3 is 2.68 bits per heavy atom. The minimum absolute atomic E-state index is 0.109. The lowest BCUT2D eigenvalue weighted by atomic mass is 9.86. The molecule has 0 atom stereocenters. The Balaban J connectivity index is 1.52. The minimum Gasteiger partial charge on any atom is -0.381 e. The second-order valence-corrected chi connectivity index (χ2v) is 7.65. The van der Waals surface area contributed by atoms with Crippen molar-refractivity contribution in [2.75, 3.05) is 32.8 Å². The Morgan fingerprint density at radius 1 is 1.20 bits per heavy atom. The van der Waals surface area contributed by atoms with Crippen LogP contribution < -0.4 is 5.32 Å².